The fourth-order valence-electron chi connectivity index (χ4n) is 7.18. The van der Waals surface area contributed by atoms with Crippen LogP contribution in [0.2, 0.25) is 0 Å². The zero-order chi connectivity index (χ0) is 29.6. The van der Waals surface area contributed by atoms with Crippen LogP contribution >= 0.6 is 0 Å². The summed E-state index contributed by atoms with van der Waals surface area (Å²) >= 11 is 0. The summed E-state index contributed by atoms with van der Waals surface area (Å²) in [5.41, 5.74) is 0.458. The molecule has 3 aliphatic carbocycles. The van der Waals surface area contributed by atoms with Crippen LogP contribution in [0.4, 0.5) is 0 Å². The first-order valence-electron chi connectivity index (χ1n) is 18.0. The molecular weight excluding hydrogens is 512 g/mol. The quantitative estimate of drug-likeness (QED) is 0.0817. The number of rotatable bonds is 26. The van der Waals surface area contributed by atoms with E-state index in [1.54, 1.807) is 0 Å². The van der Waals surface area contributed by atoms with Gasteiger partial charge < -0.3 is 14.6 Å². The van der Waals surface area contributed by atoms with Gasteiger partial charge in [-0.25, -0.2) is 0 Å². The number of aliphatic hydroxyl groups is 1. The molecule has 0 saturated heterocycles. The van der Waals surface area contributed by atoms with E-state index in [-0.39, 0.29) is 18.0 Å². The van der Waals surface area contributed by atoms with Crippen molar-refractivity contribution in [3.63, 3.8) is 0 Å². The molecule has 1 unspecified atom stereocenters. The van der Waals surface area contributed by atoms with Crippen LogP contribution in [0.1, 0.15) is 181 Å². The minimum absolute atomic E-state index is 0.0411. The Bertz CT molecular complexity index is 645. The normalized spacial score (nSPS) is 20.8. The number of unbranched alkanes of at least 4 members (excludes halogenated alkanes) is 8. The largest absolute Gasteiger partial charge is 0.466 e. The number of hydrogen-bond acceptors (Lipinski definition) is 5. The molecule has 0 aromatic carbocycles. The van der Waals surface area contributed by atoms with Crippen molar-refractivity contribution in [2.45, 2.75) is 187 Å². The predicted molar refractivity (Wildman–Crippen MR) is 169 cm³/mol. The lowest BCUT2D eigenvalue weighted by molar-refractivity contribution is -0.145. The molecule has 0 spiro atoms. The number of ether oxygens (including phenoxy) is 2. The van der Waals surface area contributed by atoms with Crippen LogP contribution in [0.3, 0.4) is 0 Å². The fraction of sp³-hybridized carbons (Fsp3) is 0.944. The van der Waals surface area contributed by atoms with Crippen molar-refractivity contribution in [2.24, 2.45) is 17.3 Å². The van der Waals surface area contributed by atoms with Crippen molar-refractivity contribution in [1.29, 1.82) is 0 Å². The third-order valence-corrected chi connectivity index (χ3v) is 10.2. The van der Waals surface area contributed by atoms with Gasteiger partial charge in [-0.1, -0.05) is 90.9 Å². The molecule has 0 amide bonds. The smallest absolute Gasteiger partial charge is 0.305 e. The highest BCUT2D eigenvalue weighted by molar-refractivity contribution is 5.69. The Morgan fingerprint density at radius 3 is 1.80 bits per heavy atom. The van der Waals surface area contributed by atoms with Crippen LogP contribution in [-0.4, -0.2) is 36.4 Å². The molecule has 3 rings (SSSR count). The van der Waals surface area contributed by atoms with E-state index in [2.05, 4.69) is 13.8 Å². The highest BCUT2D eigenvalue weighted by Gasteiger charge is 2.39. The number of esters is 2. The van der Waals surface area contributed by atoms with E-state index in [0.717, 1.165) is 57.3 Å². The molecule has 5 nitrogen and oxygen atoms in total. The lowest BCUT2D eigenvalue weighted by Crippen LogP contribution is -2.35. The van der Waals surface area contributed by atoms with Crippen LogP contribution in [0, 0.1) is 17.3 Å². The van der Waals surface area contributed by atoms with E-state index in [4.69, 9.17) is 9.47 Å². The molecule has 3 fully saturated rings. The van der Waals surface area contributed by atoms with Gasteiger partial charge in [-0.05, 0) is 94.3 Å². The topological polar surface area (TPSA) is 72.8 Å². The van der Waals surface area contributed by atoms with Crippen LogP contribution in [0.25, 0.3) is 0 Å². The summed E-state index contributed by atoms with van der Waals surface area (Å²) in [6.07, 6.45) is 28.3. The van der Waals surface area contributed by atoms with Gasteiger partial charge in [0.25, 0.3) is 0 Å². The Balaban J connectivity index is 1.38. The SMILES string of the molecule is CCCCCC(CCCCC)CCOC(=O)CCCCCCCC(O)CCCC(=O)OCCC12CCC(CC1)CC2. The van der Waals surface area contributed by atoms with Crippen molar-refractivity contribution >= 4 is 11.9 Å². The molecule has 3 saturated carbocycles. The maximum atomic E-state index is 12.1. The number of aliphatic hydroxyl groups excluding tert-OH is 1. The summed E-state index contributed by atoms with van der Waals surface area (Å²) in [4.78, 5) is 24.3. The molecule has 41 heavy (non-hydrogen) atoms. The molecule has 0 aliphatic heterocycles. The summed E-state index contributed by atoms with van der Waals surface area (Å²) in [5.74, 6) is 1.53. The second-order valence-corrected chi connectivity index (χ2v) is 13.7. The Morgan fingerprint density at radius 1 is 0.659 bits per heavy atom. The number of hydrogen-bond donors (Lipinski definition) is 1. The highest BCUT2D eigenvalue weighted by Crippen LogP contribution is 2.52. The van der Waals surface area contributed by atoms with Crippen LogP contribution in [0.15, 0.2) is 0 Å². The summed E-state index contributed by atoms with van der Waals surface area (Å²) in [6, 6.07) is 0. The van der Waals surface area contributed by atoms with Gasteiger partial charge in [-0.15, -0.1) is 0 Å². The molecular formula is C36H66O5. The highest BCUT2D eigenvalue weighted by atomic mass is 16.5. The van der Waals surface area contributed by atoms with Gasteiger partial charge in [0.1, 0.15) is 0 Å². The molecule has 1 atom stereocenters. The average molecular weight is 579 g/mol. The first kappa shape index (κ1) is 36.1. The Kier molecular flexibility index (Phi) is 19.8. The Morgan fingerprint density at radius 2 is 1.17 bits per heavy atom. The molecule has 240 valence electrons. The summed E-state index contributed by atoms with van der Waals surface area (Å²) in [5, 5.41) is 10.3. The van der Waals surface area contributed by atoms with Gasteiger partial charge in [0.15, 0.2) is 0 Å². The first-order valence-corrected chi connectivity index (χ1v) is 18.0. The molecule has 0 aromatic heterocycles. The molecule has 5 heteroatoms. The van der Waals surface area contributed by atoms with Gasteiger partial charge in [0, 0.05) is 12.8 Å². The van der Waals surface area contributed by atoms with Crippen molar-refractivity contribution in [1.82, 2.24) is 0 Å². The van der Waals surface area contributed by atoms with Crippen molar-refractivity contribution in [2.75, 3.05) is 13.2 Å². The summed E-state index contributed by atoms with van der Waals surface area (Å²) in [7, 11) is 0. The predicted octanol–water partition coefficient (Wildman–Crippen LogP) is 9.86. The molecule has 0 aromatic rings. The zero-order valence-corrected chi connectivity index (χ0v) is 27.1. The van der Waals surface area contributed by atoms with E-state index in [1.165, 1.54) is 89.9 Å². The average Bonchev–Trinajstić information content (AvgIpc) is 2.97. The van der Waals surface area contributed by atoms with E-state index >= 15 is 0 Å². The molecule has 0 radical (unpaired) electrons. The second-order valence-electron chi connectivity index (χ2n) is 13.7. The van der Waals surface area contributed by atoms with Crippen LogP contribution < -0.4 is 0 Å². The molecule has 2 bridgehead atoms. The van der Waals surface area contributed by atoms with E-state index < -0.39 is 0 Å². The standard InChI is InChI=1S/C36H66O5/c1-3-5-10-15-31(16-11-6-4-2)24-29-40-34(38)19-13-9-7-8-12-17-33(37)18-14-20-35(39)41-30-28-36-25-21-32(22-26-36)23-27-36/h31-33,37H,3-30H2,1-2H3. The maximum absolute atomic E-state index is 12.1. The Hall–Kier alpha value is -1.10. The number of carbonyl (C=O) groups is 2. The summed E-state index contributed by atoms with van der Waals surface area (Å²) in [6.45, 7) is 5.66. The number of fused-ring (bicyclic) bond motifs is 3. The lowest BCUT2D eigenvalue weighted by Gasteiger charge is -2.46. The minimum atomic E-state index is -0.332. The minimum Gasteiger partial charge on any atom is -0.466 e. The van der Waals surface area contributed by atoms with Gasteiger partial charge in [0.05, 0.1) is 19.3 Å². The molecule has 0 heterocycles. The first-order chi connectivity index (χ1) is 20.0. The van der Waals surface area contributed by atoms with Gasteiger partial charge in [0.2, 0.25) is 0 Å². The third-order valence-electron chi connectivity index (χ3n) is 10.2. The van der Waals surface area contributed by atoms with Gasteiger partial charge >= 0.3 is 11.9 Å². The molecule has 1 N–H and O–H groups in total. The molecule has 3 aliphatic rings. The van der Waals surface area contributed by atoms with E-state index in [1.807, 2.05) is 0 Å². The lowest BCUT2D eigenvalue weighted by atomic mass is 9.59. The Labute approximate surface area is 253 Å². The van der Waals surface area contributed by atoms with Gasteiger partial charge in [-0.3, -0.25) is 9.59 Å². The fourth-order valence-corrected chi connectivity index (χ4v) is 7.18. The third kappa shape index (κ3) is 17.0. The van der Waals surface area contributed by atoms with Crippen LogP contribution in [-0.2, 0) is 19.1 Å². The van der Waals surface area contributed by atoms with Crippen LogP contribution in [0.5, 0.6) is 0 Å². The summed E-state index contributed by atoms with van der Waals surface area (Å²) < 4.78 is 11.1. The van der Waals surface area contributed by atoms with Gasteiger partial charge in [-0.2, -0.15) is 0 Å². The van der Waals surface area contributed by atoms with E-state index in [9.17, 15) is 14.7 Å². The maximum Gasteiger partial charge on any atom is 0.305 e. The van der Waals surface area contributed by atoms with Crippen molar-refractivity contribution in [3.05, 3.63) is 0 Å². The van der Waals surface area contributed by atoms with Crippen molar-refractivity contribution < 1.29 is 24.2 Å². The van der Waals surface area contributed by atoms with E-state index in [0.29, 0.717) is 50.2 Å². The zero-order valence-electron chi connectivity index (χ0n) is 27.1. The second kappa shape index (κ2) is 22.4. The van der Waals surface area contributed by atoms with Crippen molar-refractivity contribution in [3.8, 4) is 0 Å². The number of carbonyl (C=O) groups excluding carboxylic acids is 2. The monoisotopic (exact) mass is 578 g/mol.